The summed E-state index contributed by atoms with van der Waals surface area (Å²) in [5, 5.41) is 0.113. The van der Waals surface area contributed by atoms with Crippen LogP contribution in [0.1, 0.15) is 17.5 Å². The third-order valence-electron chi connectivity index (χ3n) is 4.68. The second-order valence-electron chi connectivity index (χ2n) is 6.38. The van der Waals surface area contributed by atoms with Gasteiger partial charge in [0.1, 0.15) is 17.3 Å². The van der Waals surface area contributed by atoms with Crippen LogP contribution in [-0.4, -0.2) is 27.4 Å². The number of fused-ring (bicyclic) bond motifs is 2. The standard InChI is InChI=1S/C18H14ClF3O5S/c19-10-7-11(20)9-12(8-10)27-14-1-2-15(28(23,24)17(21)22)16-13(14)3-4-18(16)25-5-6-26-18/h1-2,7-9,17H,3-6H2. The number of alkyl halides is 2. The van der Waals surface area contributed by atoms with Crippen molar-refractivity contribution < 1.29 is 35.8 Å². The third-order valence-corrected chi connectivity index (χ3v) is 6.32. The smallest absolute Gasteiger partial charge is 0.341 e. The Bertz CT molecular complexity index is 1020. The summed E-state index contributed by atoms with van der Waals surface area (Å²) in [7, 11) is -4.90. The van der Waals surface area contributed by atoms with Crippen molar-refractivity contribution in [1.82, 2.24) is 0 Å². The Balaban J connectivity index is 1.86. The summed E-state index contributed by atoms with van der Waals surface area (Å²) >= 11 is 5.83. The molecule has 28 heavy (non-hydrogen) atoms. The molecule has 4 rings (SSSR count). The van der Waals surface area contributed by atoms with Gasteiger partial charge in [-0.2, -0.15) is 8.78 Å². The summed E-state index contributed by atoms with van der Waals surface area (Å²) in [6.07, 6.45) is 0.526. The Hall–Kier alpha value is -1.81. The van der Waals surface area contributed by atoms with Crippen LogP contribution in [0.25, 0.3) is 0 Å². The van der Waals surface area contributed by atoms with Crippen LogP contribution < -0.4 is 4.74 Å². The second kappa shape index (κ2) is 6.91. The molecule has 1 heterocycles. The first-order chi connectivity index (χ1) is 13.2. The highest BCUT2D eigenvalue weighted by Crippen LogP contribution is 2.50. The van der Waals surface area contributed by atoms with E-state index >= 15 is 0 Å². The number of benzene rings is 2. The van der Waals surface area contributed by atoms with Gasteiger partial charge in [-0.1, -0.05) is 11.6 Å². The normalized spacial score (nSPS) is 18.0. The topological polar surface area (TPSA) is 61.8 Å². The lowest BCUT2D eigenvalue weighted by Crippen LogP contribution is -2.27. The van der Waals surface area contributed by atoms with Crippen LogP contribution in [0.15, 0.2) is 35.2 Å². The highest BCUT2D eigenvalue weighted by atomic mass is 35.5. The van der Waals surface area contributed by atoms with Gasteiger partial charge in [-0.3, -0.25) is 0 Å². The summed E-state index contributed by atoms with van der Waals surface area (Å²) in [5.41, 5.74) is 0.384. The molecule has 1 spiro atoms. The molecule has 150 valence electrons. The zero-order chi connectivity index (χ0) is 20.1. The van der Waals surface area contributed by atoms with Crippen LogP contribution >= 0.6 is 11.6 Å². The molecule has 0 saturated carbocycles. The van der Waals surface area contributed by atoms with Crippen LogP contribution in [0.2, 0.25) is 5.02 Å². The molecule has 0 unspecified atom stereocenters. The van der Waals surface area contributed by atoms with E-state index in [9.17, 15) is 21.6 Å². The summed E-state index contributed by atoms with van der Waals surface area (Å²) in [4.78, 5) is -0.554. The van der Waals surface area contributed by atoms with Crippen LogP contribution in [0.5, 0.6) is 11.5 Å². The van der Waals surface area contributed by atoms with Crippen molar-refractivity contribution in [2.45, 2.75) is 29.3 Å². The highest BCUT2D eigenvalue weighted by Gasteiger charge is 2.50. The molecule has 2 aromatic carbocycles. The minimum atomic E-state index is -4.90. The molecule has 5 nitrogen and oxygen atoms in total. The Kier molecular flexibility index (Phi) is 4.81. The van der Waals surface area contributed by atoms with Gasteiger partial charge in [-0.05, 0) is 30.7 Å². The van der Waals surface area contributed by atoms with Crippen molar-refractivity contribution in [3.63, 3.8) is 0 Å². The summed E-state index contributed by atoms with van der Waals surface area (Å²) in [6.45, 7) is 0.413. The third kappa shape index (κ3) is 3.16. The molecule has 0 aromatic heterocycles. The predicted molar refractivity (Wildman–Crippen MR) is 93.0 cm³/mol. The first kappa shape index (κ1) is 19.5. The van der Waals surface area contributed by atoms with Gasteiger partial charge >= 0.3 is 5.76 Å². The van der Waals surface area contributed by atoms with Gasteiger partial charge in [0.05, 0.1) is 18.1 Å². The van der Waals surface area contributed by atoms with E-state index in [-0.39, 0.29) is 48.1 Å². The van der Waals surface area contributed by atoms with Crippen molar-refractivity contribution in [3.05, 3.63) is 52.3 Å². The maximum absolute atomic E-state index is 13.6. The zero-order valence-corrected chi connectivity index (χ0v) is 15.8. The van der Waals surface area contributed by atoms with Crippen molar-refractivity contribution in [1.29, 1.82) is 0 Å². The first-order valence-corrected chi connectivity index (χ1v) is 10.3. The minimum absolute atomic E-state index is 0.0188. The van der Waals surface area contributed by atoms with E-state index in [4.69, 9.17) is 25.8 Å². The van der Waals surface area contributed by atoms with Gasteiger partial charge in [0, 0.05) is 28.6 Å². The number of halogens is 4. The molecule has 10 heteroatoms. The molecule has 1 fully saturated rings. The fourth-order valence-electron chi connectivity index (χ4n) is 3.57. The number of sulfone groups is 1. The van der Waals surface area contributed by atoms with Gasteiger partial charge < -0.3 is 14.2 Å². The number of ether oxygens (including phenoxy) is 3. The number of hydrogen-bond acceptors (Lipinski definition) is 5. The molecule has 2 aliphatic rings. The van der Waals surface area contributed by atoms with E-state index in [0.29, 0.717) is 5.56 Å². The Morgan fingerprint density at radius 2 is 1.86 bits per heavy atom. The SMILES string of the molecule is O=S(=O)(c1ccc(Oc2cc(F)cc(Cl)c2)c2c1C1(CC2)OCCO1)C(F)F. The zero-order valence-electron chi connectivity index (χ0n) is 14.3. The molecule has 1 aliphatic carbocycles. The van der Waals surface area contributed by atoms with E-state index in [1.54, 1.807) is 0 Å². The lowest BCUT2D eigenvalue weighted by Gasteiger charge is -2.25. The van der Waals surface area contributed by atoms with Crippen molar-refractivity contribution >= 4 is 21.4 Å². The van der Waals surface area contributed by atoms with Crippen molar-refractivity contribution in [3.8, 4) is 11.5 Å². The Labute approximate surface area is 163 Å². The number of hydrogen-bond donors (Lipinski definition) is 0. The predicted octanol–water partition coefficient (Wildman–Crippen LogP) is 4.41. The van der Waals surface area contributed by atoms with Crippen LogP contribution in [0, 0.1) is 5.82 Å². The van der Waals surface area contributed by atoms with Crippen molar-refractivity contribution in [2.75, 3.05) is 13.2 Å². The van der Waals surface area contributed by atoms with Gasteiger partial charge in [-0.15, -0.1) is 0 Å². The number of rotatable bonds is 4. The van der Waals surface area contributed by atoms with E-state index in [0.717, 1.165) is 18.2 Å². The highest BCUT2D eigenvalue weighted by molar-refractivity contribution is 7.91. The molecule has 0 N–H and O–H groups in total. The van der Waals surface area contributed by atoms with Crippen molar-refractivity contribution in [2.24, 2.45) is 0 Å². The summed E-state index contributed by atoms with van der Waals surface area (Å²) in [6, 6.07) is 5.89. The molecular weight excluding hydrogens is 421 g/mol. The fourth-order valence-corrected chi connectivity index (χ4v) is 4.80. The summed E-state index contributed by atoms with van der Waals surface area (Å²) < 4.78 is 81.4. The van der Waals surface area contributed by atoms with Gasteiger partial charge in [-0.25, -0.2) is 12.8 Å². The molecule has 1 aliphatic heterocycles. The quantitative estimate of drug-likeness (QED) is 0.713. The fraction of sp³-hybridized carbons (Fsp3) is 0.333. The maximum atomic E-state index is 13.6. The average molecular weight is 435 g/mol. The lowest BCUT2D eigenvalue weighted by atomic mass is 10.1. The van der Waals surface area contributed by atoms with Gasteiger partial charge in [0.25, 0.3) is 0 Å². The van der Waals surface area contributed by atoms with E-state index in [1.165, 1.54) is 12.1 Å². The molecule has 1 saturated heterocycles. The van der Waals surface area contributed by atoms with E-state index < -0.39 is 32.1 Å². The summed E-state index contributed by atoms with van der Waals surface area (Å²) in [5.74, 6) is -5.34. The van der Waals surface area contributed by atoms with E-state index in [2.05, 4.69) is 0 Å². The largest absolute Gasteiger partial charge is 0.457 e. The van der Waals surface area contributed by atoms with Gasteiger partial charge in [0.15, 0.2) is 5.79 Å². The molecule has 2 aromatic rings. The van der Waals surface area contributed by atoms with E-state index in [1.807, 2.05) is 0 Å². The first-order valence-electron chi connectivity index (χ1n) is 8.33. The monoisotopic (exact) mass is 434 g/mol. The van der Waals surface area contributed by atoms with Crippen LogP contribution in [0.4, 0.5) is 13.2 Å². The molecule has 0 bridgehead atoms. The molecular formula is C18H14ClF3O5S. The minimum Gasteiger partial charge on any atom is -0.457 e. The van der Waals surface area contributed by atoms with Crippen LogP contribution in [0.3, 0.4) is 0 Å². The second-order valence-corrected chi connectivity index (χ2v) is 8.70. The lowest BCUT2D eigenvalue weighted by molar-refractivity contribution is -0.164. The molecule has 0 atom stereocenters. The Morgan fingerprint density at radius 3 is 2.50 bits per heavy atom. The average Bonchev–Trinajstić information content (AvgIpc) is 3.23. The molecule has 0 radical (unpaired) electrons. The van der Waals surface area contributed by atoms with Gasteiger partial charge in [0.2, 0.25) is 9.84 Å². The molecule has 0 amide bonds. The maximum Gasteiger partial charge on any atom is 0.341 e. The Morgan fingerprint density at radius 1 is 1.14 bits per heavy atom. The van der Waals surface area contributed by atoms with Crippen LogP contribution in [-0.2, 0) is 31.5 Å².